The molecule has 0 aliphatic heterocycles. The zero-order chi connectivity index (χ0) is 11.3. The van der Waals surface area contributed by atoms with Crippen molar-refractivity contribution in [1.82, 2.24) is 5.32 Å². The highest BCUT2D eigenvalue weighted by atomic mass is 15.0. The fraction of sp³-hybridized carbons (Fsp3) is 0.923. The first-order valence-corrected chi connectivity index (χ1v) is 6.19. The van der Waals surface area contributed by atoms with Gasteiger partial charge >= 0.3 is 0 Å². The van der Waals surface area contributed by atoms with Crippen LogP contribution in [0.15, 0.2) is 0 Å². The summed E-state index contributed by atoms with van der Waals surface area (Å²) in [6.45, 7) is 6.39. The van der Waals surface area contributed by atoms with E-state index in [1.807, 2.05) is 0 Å². The fourth-order valence-corrected chi connectivity index (χ4v) is 2.16. The molecule has 2 heteroatoms. The van der Waals surface area contributed by atoms with Crippen LogP contribution in [0.5, 0.6) is 0 Å². The van der Waals surface area contributed by atoms with E-state index in [0.717, 1.165) is 0 Å². The summed E-state index contributed by atoms with van der Waals surface area (Å²) < 4.78 is 0. The molecule has 0 aromatic carbocycles. The van der Waals surface area contributed by atoms with Crippen molar-refractivity contribution in [3.63, 3.8) is 0 Å². The normalized spacial score (nSPS) is 21.7. The Balaban J connectivity index is 2.47. The van der Waals surface area contributed by atoms with Gasteiger partial charge in [0, 0.05) is 6.04 Å². The van der Waals surface area contributed by atoms with E-state index in [4.69, 9.17) is 5.26 Å². The van der Waals surface area contributed by atoms with Crippen LogP contribution < -0.4 is 5.32 Å². The van der Waals surface area contributed by atoms with Crippen molar-refractivity contribution in [2.24, 2.45) is 5.41 Å². The van der Waals surface area contributed by atoms with Gasteiger partial charge in [-0.1, -0.05) is 46.5 Å². The highest BCUT2D eigenvalue weighted by Crippen LogP contribution is 2.23. The van der Waals surface area contributed by atoms with Gasteiger partial charge in [0.25, 0.3) is 0 Å². The topological polar surface area (TPSA) is 35.8 Å². The van der Waals surface area contributed by atoms with E-state index in [0.29, 0.717) is 6.04 Å². The molecule has 1 atom stereocenters. The Morgan fingerprint density at radius 1 is 1.13 bits per heavy atom. The molecule has 0 radical (unpaired) electrons. The quantitative estimate of drug-likeness (QED) is 0.707. The van der Waals surface area contributed by atoms with Crippen LogP contribution >= 0.6 is 0 Å². The first kappa shape index (κ1) is 12.5. The Bertz CT molecular complexity index is 214. The molecule has 2 nitrogen and oxygen atoms in total. The van der Waals surface area contributed by atoms with Gasteiger partial charge in [0.05, 0.1) is 6.07 Å². The molecule has 0 heterocycles. The van der Waals surface area contributed by atoms with E-state index in [-0.39, 0.29) is 11.5 Å². The van der Waals surface area contributed by atoms with Crippen LogP contribution in [0.4, 0.5) is 0 Å². The second-order valence-electron chi connectivity index (χ2n) is 5.78. The van der Waals surface area contributed by atoms with Gasteiger partial charge in [-0.05, 0) is 18.3 Å². The minimum Gasteiger partial charge on any atom is -0.299 e. The van der Waals surface area contributed by atoms with E-state index in [9.17, 15) is 0 Å². The summed E-state index contributed by atoms with van der Waals surface area (Å²) in [5, 5.41) is 12.7. The van der Waals surface area contributed by atoms with Crippen molar-refractivity contribution in [2.75, 3.05) is 0 Å². The first-order valence-electron chi connectivity index (χ1n) is 6.19. The summed E-state index contributed by atoms with van der Waals surface area (Å²) in [5.74, 6) is 0. The number of rotatable bonds is 2. The Morgan fingerprint density at radius 3 is 2.07 bits per heavy atom. The number of nitriles is 1. The summed E-state index contributed by atoms with van der Waals surface area (Å²) >= 11 is 0. The highest BCUT2D eigenvalue weighted by Gasteiger charge is 2.26. The molecular formula is C13H24N2. The lowest BCUT2D eigenvalue weighted by atomic mass is 9.87. The van der Waals surface area contributed by atoms with Crippen molar-refractivity contribution < 1.29 is 0 Å². The lowest BCUT2D eigenvalue weighted by Gasteiger charge is -2.29. The van der Waals surface area contributed by atoms with Crippen molar-refractivity contribution in [1.29, 1.82) is 5.26 Å². The number of nitrogens with one attached hydrogen (secondary N) is 1. The van der Waals surface area contributed by atoms with Crippen LogP contribution in [0, 0.1) is 16.7 Å². The third-order valence-electron chi connectivity index (χ3n) is 3.25. The molecule has 0 amide bonds. The lowest BCUT2D eigenvalue weighted by molar-refractivity contribution is 0.283. The average molecular weight is 208 g/mol. The molecular weight excluding hydrogens is 184 g/mol. The van der Waals surface area contributed by atoms with Crippen molar-refractivity contribution >= 4 is 0 Å². The molecule has 1 aliphatic carbocycles. The summed E-state index contributed by atoms with van der Waals surface area (Å²) in [7, 11) is 0. The zero-order valence-corrected chi connectivity index (χ0v) is 10.3. The third-order valence-corrected chi connectivity index (χ3v) is 3.25. The lowest BCUT2D eigenvalue weighted by Crippen LogP contribution is -2.44. The number of nitrogens with zero attached hydrogens (tertiary/aromatic N) is 1. The first-order chi connectivity index (χ1) is 7.04. The van der Waals surface area contributed by atoms with E-state index < -0.39 is 0 Å². The average Bonchev–Trinajstić information content (AvgIpc) is 2.40. The molecule has 0 bridgehead atoms. The van der Waals surface area contributed by atoms with Gasteiger partial charge in [-0.3, -0.25) is 5.32 Å². The molecule has 86 valence electrons. The predicted octanol–water partition coefficient (Wildman–Crippen LogP) is 3.24. The van der Waals surface area contributed by atoms with Crippen molar-refractivity contribution in [3.05, 3.63) is 0 Å². The summed E-state index contributed by atoms with van der Waals surface area (Å²) in [4.78, 5) is 0. The van der Waals surface area contributed by atoms with Gasteiger partial charge in [0.2, 0.25) is 0 Å². The van der Waals surface area contributed by atoms with Crippen LogP contribution in [0.2, 0.25) is 0 Å². The molecule has 0 aromatic heterocycles. The Kier molecular flexibility index (Phi) is 4.60. The van der Waals surface area contributed by atoms with E-state index in [1.54, 1.807) is 0 Å². The van der Waals surface area contributed by atoms with Gasteiger partial charge in [-0.25, -0.2) is 0 Å². The maximum Gasteiger partial charge on any atom is 0.100 e. The summed E-state index contributed by atoms with van der Waals surface area (Å²) in [5.41, 5.74) is 0.0427. The SMILES string of the molecule is CC(C)(C)C(C#N)NC1CCCCCC1. The maximum atomic E-state index is 9.15. The molecule has 1 N–H and O–H groups in total. The second-order valence-corrected chi connectivity index (χ2v) is 5.78. The smallest absolute Gasteiger partial charge is 0.100 e. The summed E-state index contributed by atoms with van der Waals surface area (Å²) in [6.07, 6.45) is 7.86. The van der Waals surface area contributed by atoms with Gasteiger partial charge in [0.15, 0.2) is 0 Å². The third kappa shape index (κ3) is 4.22. The van der Waals surface area contributed by atoms with Crippen LogP contribution in [-0.2, 0) is 0 Å². The molecule has 0 saturated heterocycles. The summed E-state index contributed by atoms with van der Waals surface area (Å²) in [6, 6.07) is 2.95. The van der Waals surface area contributed by atoms with Crippen LogP contribution in [0.1, 0.15) is 59.3 Å². The molecule has 1 saturated carbocycles. The predicted molar refractivity (Wildman–Crippen MR) is 63.5 cm³/mol. The minimum absolute atomic E-state index is 0.0133. The molecule has 0 aromatic rings. The highest BCUT2D eigenvalue weighted by molar-refractivity contribution is 4.99. The number of hydrogen-bond donors (Lipinski definition) is 1. The monoisotopic (exact) mass is 208 g/mol. The van der Waals surface area contributed by atoms with E-state index in [1.165, 1.54) is 38.5 Å². The molecule has 1 rings (SSSR count). The fourth-order valence-electron chi connectivity index (χ4n) is 2.16. The van der Waals surface area contributed by atoms with Gasteiger partial charge in [0.1, 0.15) is 6.04 Å². The Labute approximate surface area is 94.1 Å². The molecule has 1 unspecified atom stereocenters. The minimum atomic E-state index is -0.0133. The zero-order valence-electron chi connectivity index (χ0n) is 10.3. The van der Waals surface area contributed by atoms with Gasteiger partial charge < -0.3 is 0 Å². The maximum absolute atomic E-state index is 9.15. The van der Waals surface area contributed by atoms with E-state index >= 15 is 0 Å². The standard InChI is InChI=1S/C13H24N2/c1-13(2,3)12(10-14)15-11-8-6-4-5-7-9-11/h11-12,15H,4-9H2,1-3H3. The molecule has 15 heavy (non-hydrogen) atoms. The van der Waals surface area contributed by atoms with E-state index in [2.05, 4.69) is 32.2 Å². The Morgan fingerprint density at radius 2 is 1.67 bits per heavy atom. The van der Waals surface area contributed by atoms with Gasteiger partial charge in [-0.15, -0.1) is 0 Å². The van der Waals surface area contributed by atoms with Gasteiger partial charge in [-0.2, -0.15) is 5.26 Å². The molecule has 1 fully saturated rings. The molecule has 0 spiro atoms. The largest absolute Gasteiger partial charge is 0.299 e. The number of hydrogen-bond acceptors (Lipinski definition) is 2. The molecule has 1 aliphatic rings. The van der Waals surface area contributed by atoms with Crippen LogP contribution in [0.3, 0.4) is 0 Å². The second kappa shape index (κ2) is 5.51. The van der Waals surface area contributed by atoms with Crippen molar-refractivity contribution in [3.8, 4) is 6.07 Å². The van der Waals surface area contributed by atoms with Crippen LogP contribution in [0.25, 0.3) is 0 Å². The van der Waals surface area contributed by atoms with Crippen LogP contribution in [-0.4, -0.2) is 12.1 Å². The van der Waals surface area contributed by atoms with Crippen molar-refractivity contribution in [2.45, 2.75) is 71.4 Å². The Hall–Kier alpha value is -0.550.